The summed E-state index contributed by atoms with van der Waals surface area (Å²) in [6.45, 7) is 4.74. The first-order valence-corrected chi connectivity index (χ1v) is 8.91. The van der Waals surface area contributed by atoms with Crippen molar-refractivity contribution in [3.05, 3.63) is 29.8 Å². The third-order valence-corrected chi connectivity index (χ3v) is 5.11. The second kappa shape index (κ2) is 7.82. The van der Waals surface area contributed by atoms with Crippen LogP contribution in [0.5, 0.6) is 5.75 Å². The number of methoxy groups -OCH3 is 1. The molecule has 1 amide bonds. The third-order valence-electron chi connectivity index (χ3n) is 5.11. The highest BCUT2D eigenvalue weighted by atomic mass is 16.5. The second-order valence-electron chi connectivity index (χ2n) is 6.77. The van der Waals surface area contributed by atoms with Crippen molar-refractivity contribution in [2.24, 2.45) is 5.92 Å². The van der Waals surface area contributed by atoms with Gasteiger partial charge in [-0.2, -0.15) is 0 Å². The predicted molar refractivity (Wildman–Crippen MR) is 91.4 cm³/mol. The van der Waals surface area contributed by atoms with Crippen molar-refractivity contribution in [2.75, 3.05) is 33.3 Å². The van der Waals surface area contributed by atoms with Crippen molar-refractivity contribution >= 4 is 5.91 Å². The molecule has 0 N–H and O–H groups in total. The van der Waals surface area contributed by atoms with Gasteiger partial charge in [0.2, 0.25) is 5.91 Å². The molecule has 0 spiro atoms. The summed E-state index contributed by atoms with van der Waals surface area (Å²) < 4.78 is 5.45. The number of hydrogen-bond acceptors (Lipinski definition) is 3. The standard InChI is InChI=1S/C19H28N2O2/c1-23-18-10-4-3-8-16(18)14-20-11-7-9-17(15-20)19(22)21-12-5-2-6-13-21/h3-4,8,10,17H,2,5-7,9,11-15H2,1H3/t17-/m0/s1. The first-order chi connectivity index (χ1) is 11.3. The van der Waals surface area contributed by atoms with Crippen LogP contribution >= 0.6 is 0 Å². The summed E-state index contributed by atoms with van der Waals surface area (Å²) in [5, 5.41) is 0. The van der Waals surface area contributed by atoms with Gasteiger partial charge in [-0.15, -0.1) is 0 Å². The molecule has 1 aromatic carbocycles. The zero-order chi connectivity index (χ0) is 16.1. The van der Waals surface area contributed by atoms with Gasteiger partial charge in [-0.1, -0.05) is 18.2 Å². The lowest BCUT2D eigenvalue weighted by Gasteiger charge is -2.36. The number of para-hydroxylation sites is 1. The minimum atomic E-state index is 0.177. The van der Waals surface area contributed by atoms with Crippen molar-refractivity contribution in [3.63, 3.8) is 0 Å². The highest BCUT2D eigenvalue weighted by Crippen LogP contribution is 2.25. The normalized spacial score (nSPS) is 22.8. The summed E-state index contributed by atoms with van der Waals surface area (Å²) in [6.07, 6.45) is 5.76. The summed E-state index contributed by atoms with van der Waals surface area (Å²) >= 11 is 0. The van der Waals surface area contributed by atoms with Crippen LogP contribution in [0.2, 0.25) is 0 Å². The molecule has 1 aromatic rings. The summed E-state index contributed by atoms with van der Waals surface area (Å²) in [4.78, 5) is 17.3. The number of nitrogens with zero attached hydrogens (tertiary/aromatic N) is 2. The van der Waals surface area contributed by atoms with Crippen LogP contribution in [0.15, 0.2) is 24.3 Å². The van der Waals surface area contributed by atoms with E-state index in [0.717, 1.165) is 51.3 Å². The first kappa shape index (κ1) is 16.3. The molecule has 126 valence electrons. The van der Waals surface area contributed by atoms with Gasteiger partial charge in [-0.05, 0) is 44.7 Å². The summed E-state index contributed by atoms with van der Waals surface area (Å²) in [5.74, 6) is 1.50. The fourth-order valence-electron chi connectivity index (χ4n) is 3.85. The van der Waals surface area contributed by atoms with Gasteiger partial charge in [0.1, 0.15) is 5.75 Å². The average Bonchev–Trinajstić information content (AvgIpc) is 2.62. The molecule has 2 fully saturated rings. The number of benzene rings is 1. The average molecular weight is 316 g/mol. The Kier molecular flexibility index (Phi) is 5.55. The van der Waals surface area contributed by atoms with E-state index < -0.39 is 0 Å². The van der Waals surface area contributed by atoms with E-state index in [4.69, 9.17) is 4.74 Å². The highest BCUT2D eigenvalue weighted by molar-refractivity contribution is 5.79. The lowest BCUT2D eigenvalue weighted by molar-refractivity contribution is -0.138. The van der Waals surface area contributed by atoms with Crippen LogP contribution in [-0.2, 0) is 11.3 Å². The number of amides is 1. The quantitative estimate of drug-likeness (QED) is 0.856. The molecule has 0 bridgehead atoms. The van der Waals surface area contributed by atoms with Crippen LogP contribution in [0.4, 0.5) is 0 Å². The zero-order valence-corrected chi connectivity index (χ0v) is 14.2. The molecule has 2 aliphatic rings. The van der Waals surface area contributed by atoms with Gasteiger partial charge in [0.05, 0.1) is 13.0 Å². The largest absolute Gasteiger partial charge is 0.496 e. The van der Waals surface area contributed by atoms with Gasteiger partial charge in [0.15, 0.2) is 0 Å². The maximum absolute atomic E-state index is 12.7. The molecule has 0 aliphatic carbocycles. The Hall–Kier alpha value is -1.55. The van der Waals surface area contributed by atoms with Crippen LogP contribution in [0.3, 0.4) is 0 Å². The Morgan fingerprint density at radius 3 is 2.70 bits per heavy atom. The van der Waals surface area contributed by atoms with Gasteiger partial charge in [0, 0.05) is 31.7 Å². The third kappa shape index (κ3) is 4.05. The molecule has 1 atom stereocenters. The highest BCUT2D eigenvalue weighted by Gasteiger charge is 2.30. The van der Waals surface area contributed by atoms with Crippen LogP contribution in [0.1, 0.15) is 37.7 Å². The van der Waals surface area contributed by atoms with E-state index in [1.807, 2.05) is 12.1 Å². The number of likely N-dealkylation sites (tertiary alicyclic amines) is 2. The summed E-state index contributed by atoms with van der Waals surface area (Å²) in [7, 11) is 1.72. The number of hydrogen-bond donors (Lipinski definition) is 0. The van der Waals surface area contributed by atoms with E-state index in [1.165, 1.54) is 24.8 Å². The van der Waals surface area contributed by atoms with Crippen molar-refractivity contribution in [2.45, 2.75) is 38.6 Å². The van der Waals surface area contributed by atoms with Gasteiger partial charge >= 0.3 is 0 Å². The van der Waals surface area contributed by atoms with E-state index in [2.05, 4.69) is 21.9 Å². The van der Waals surface area contributed by atoms with E-state index in [-0.39, 0.29) is 5.92 Å². The molecule has 0 radical (unpaired) electrons. The van der Waals surface area contributed by atoms with Crippen molar-refractivity contribution in [3.8, 4) is 5.75 Å². The molecule has 0 aromatic heterocycles. The molecule has 23 heavy (non-hydrogen) atoms. The van der Waals surface area contributed by atoms with Crippen LogP contribution in [-0.4, -0.2) is 49.0 Å². The van der Waals surface area contributed by atoms with E-state index in [0.29, 0.717) is 5.91 Å². The van der Waals surface area contributed by atoms with Crippen molar-refractivity contribution in [1.29, 1.82) is 0 Å². The predicted octanol–water partition coefficient (Wildman–Crippen LogP) is 2.92. The second-order valence-corrected chi connectivity index (χ2v) is 6.77. The number of rotatable bonds is 4. The number of piperidine rings is 2. The molecule has 2 saturated heterocycles. The number of carbonyl (C=O) groups excluding carboxylic acids is 1. The fourth-order valence-corrected chi connectivity index (χ4v) is 3.85. The smallest absolute Gasteiger partial charge is 0.226 e. The van der Waals surface area contributed by atoms with E-state index in [1.54, 1.807) is 7.11 Å². The lowest BCUT2D eigenvalue weighted by Crippen LogP contribution is -2.46. The molecular formula is C19H28N2O2. The maximum Gasteiger partial charge on any atom is 0.226 e. The molecule has 0 saturated carbocycles. The molecule has 0 unspecified atom stereocenters. The lowest BCUT2D eigenvalue weighted by atomic mass is 9.95. The van der Waals surface area contributed by atoms with Crippen LogP contribution in [0, 0.1) is 5.92 Å². The summed E-state index contributed by atoms with van der Waals surface area (Å²) in [6, 6.07) is 8.18. The minimum Gasteiger partial charge on any atom is -0.496 e. The monoisotopic (exact) mass is 316 g/mol. The van der Waals surface area contributed by atoms with Gasteiger partial charge in [-0.3, -0.25) is 9.69 Å². The van der Waals surface area contributed by atoms with Gasteiger partial charge < -0.3 is 9.64 Å². The molecule has 2 heterocycles. The Balaban J connectivity index is 1.60. The Morgan fingerprint density at radius 2 is 1.91 bits per heavy atom. The van der Waals surface area contributed by atoms with Crippen molar-refractivity contribution in [1.82, 2.24) is 9.80 Å². The van der Waals surface area contributed by atoms with E-state index in [9.17, 15) is 4.79 Å². The zero-order valence-electron chi connectivity index (χ0n) is 14.2. The summed E-state index contributed by atoms with van der Waals surface area (Å²) in [5.41, 5.74) is 1.21. The first-order valence-electron chi connectivity index (χ1n) is 8.91. The SMILES string of the molecule is COc1ccccc1CN1CCC[C@H](C(=O)N2CCCCC2)C1. The van der Waals surface area contributed by atoms with E-state index >= 15 is 0 Å². The van der Waals surface area contributed by atoms with Crippen LogP contribution < -0.4 is 4.74 Å². The molecule has 4 nitrogen and oxygen atoms in total. The van der Waals surface area contributed by atoms with Gasteiger partial charge in [-0.25, -0.2) is 0 Å². The van der Waals surface area contributed by atoms with Gasteiger partial charge in [0.25, 0.3) is 0 Å². The molecule has 4 heteroatoms. The fraction of sp³-hybridized carbons (Fsp3) is 0.632. The minimum absolute atomic E-state index is 0.177. The Labute approximate surface area is 139 Å². The number of ether oxygens (including phenoxy) is 1. The molecular weight excluding hydrogens is 288 g/mol. The molecule has 3 rings (SSSR count). The topological polar surface area (TPSA) is 32.8 Å². The Morgan fingerprint density at radius 1 is 1.13 bits per heavy atom. The number of carbonyl (C=O) groups is 1. The maximum atomic E-state index is 12.7. The van der Waals surface area contributed by atoms with Crippen LogP contribution in [0.25, 0.3) is 0 Å². The van der Waals surface area contributed by atoms with Crippen molar-refractivity contribution < 1.29 is 9.53 Å². The molecule has 2 aliphatic heterocycles. The Bertz CT molecular complexity index is 526.